The molecular formula is C7H2ClF2NO. The third-order valence-corrected chi connectivity index (χ3v) is 1.41. The Bertz CT molecular complexity index is 361. The van der Waals surface area contributed by atoms with Crippen molar-refractivity contribution in [2.75, 3.05) is 0 Å². The molecule has 0 fully saturated rings. The van der Waals surface area contributed by atoms with Crippen molar-refractivity contribution in [2.45, 2.75) is 0 Å². The summed E-state index contributed by atoms with van der Waals surface area (Å²) in [4.78, 5) is 12.6. The number of carbonyl (C=O) groups excluding carboxylic acids is 1. The molecule has 0 saturated heterocycles. The van der Waals surface area contributed by atoms with Gasteiger partial charge in [0.15, 0.2) is 5.82 Å². The van der Waals surface area contributed by atoms with Crippen molar-refractivity contribution in [3.8, 4) is 0 Å². The molecule has 5 heteroatoms. The highest BCUT2D eigenvalue weighted by atomic mass is 35.5. The minimum absolute atomic E-state index is 0.413. The van der Waals surface area contributed by atoms with E-state index in [1.54, 1.807) is 0 Å². The monoisotopic (exact) mass is 189 g/mol. The van der Waals surface area contributed by atoms with E-state index in [-0.39, 0.29) is 0 Å². The summed E-state index contributed by atoms with van der Waals surface area (Å²) in [5, 5.41) is -0.413. The molecule has 1 aromatic rings. The molecule has 0 aliphatic carbocycles. The van der Waals surface area contributed by atoms with Crippen molar-refractivity contribution < 1.29 is 13.6 Å². The van der Waals surface area contributed by atoms with Gasteiger partial charge < -0.3 is 0 Å². The molecule has 62 valence electrons. The van der Waals surface area contributed by atoms with Crippen molar-refractivity contribution in [3.63, 3.8) is 0 Å². The van der Waals surface area contributed by atoms with E-state index in [0.29, 0.717) is 0 Å². The number of nitrogens with zero attached hydrogens (tertiary/aromatic N) is 1. The first kappa shape index (κ1) is 8.84. The van der Waals surface area contributed by atoms with Gasteiger partial charge in [-0.25, -0.2) is 13.6 Å². The van der Waals surface area contributed by atoms with Crippen molar-refractivity contribution in [1.82, 2.24) is 0 Å². The average Bonchev–Trinajstić information content (AvgIpc) is 2.00. The Hall–Kier alpha value is -1.25. The zero-order chi connectivity index (χ0) is 9.14. The Morgan fingerprint density at radius 3 is 2.67 bits per heavy atom. The first-order valence-electron chi connectivity index (χ1n) is 2.87. The van der Waals surface area contributed by atoms with Crippen LogP contribution in [0.2, 0.25) is 5.02 Å². The smallest absolute Gasteiger partial charge is 0.211 e. The Morgan fingerprint density at radius 1 is 1.42 bits per heavy atom. The van der Waals surface area contributed by atoms with Crippen LogP contribution in [0.3, 0.4) is 0 Å². The van der Waals surface area contributed by atoms with Crippen LogP contribution in [0.15, 0.2) is 17.1 Å². The molecule has 0 bridgehead atoms. The van der Waals surface area contributed by atoms with Crippen LogP contribution in [0.25, 0.3) is 0 Å². The van der Waals surface area contributed by atoms with E-state index >= 15 is 0 Å². The maximum Gasteiger partial charge on any atom is 0.240 e. The van der Waals surface area contributed by atoms with Gasteiger partial charge in [0.2, 0.25) is 6.08 Å². The molecule has 0 unspecified atom stereocenters. The highest BCUT2D eigenvalue weighted by molar-refractivity contribution is 6.31. The Morgan fingerprint density at radius 2 is 2.08 bits per heavy atom. The number of isocyanates is 1. The predicted molar refractivity (Wildman–Crippen MR) is 39.1 cm³/mol. The van der Waals surface area contributed by atoms with Gasteiger partial charge in [-0.2, -0.15) is 4.99 Å². The molecule has 0 atom stereocenters. The fourth-order valence-electron chi connectivity index (χ4n) is 0.673. The summed E-state index contributed by atoms with van der Waals surface area (Å²) in [6.45, 7) is 0. The second-order valence-corrected chi connectivity index (χ2v) is 2.33. The number of benzene rings is 1. The van der Waals surface area contributed by atoms with Crippen LogP contribution in [-0.2, 0) is 4.79 Å². The van der Waals surface area contributed by atoms with E-state index in [2.05, 4.69) is 4.99 Å². The van der Waals surface area contributed by atoms with E-state index in [4.69, 9.17) is 11.6 Å². The zero-order valence-corrected chi connectivity index (χ0v) is 6.40. The number of halogens is 3. The molecule has 1 rings (SSSR count). The first-order valence-corrected chi connectivity index (χ1v) is 3.25. The molecule has 12 heavy (non-hydrogen) atoms. The molecule has 1 aromatic carbocycles. The molecule has 0 aliphatic rings. The second-order valence-electron chi connectivity index (χ2n) is 1.92. The van der Waals surface area contributed by atoms with Crippen LogP contribution in [0.1, 0.15) is 0 Å². The molecule has 0 saturated carbocycles. The Kier molecular flexibility index (Phi) is 2.53. The summed E-state index contributed by atoms with van der Waals surface area (Å²) < 4.78 is 25.3. The van der Waals surface area contributed by atoms with Gasteiger partial charge in [-0.3, -0.25) is 0 Å². The molecule has 0 amide bonds. The quantitative estimate of drug-likeness (QED) is 0.379. The first-order chi connectivity index (χ1) is 5.65. The van der Waals surface area contributed by atoms with Crippen molar-refractivity contribution >= 4 is 23.4 Å². The normalized spacial score (nSPS) is 9.25. The maximum atomic E-state index is 12.8. The summed E-state index contributed by atoms with van der Waals surface area (Å²) in [5.41, 5.74) is -0.449. The summed E-state index contributed by atoms with van der Waals surface area (Å²) in [6.07, 6.45) is 1.09. The van der Waals surface area contributed by atoms with E-state index in [0.717, 1.165) is 18.2 Å². The molecule has 2 nitrogen and oxygen atoms in total. The van der Waals surface area contributed by atoms with E-state index in [1.807, 2.05) is 0 Å². The summed E-state index contributed by atoms with van der Waals surface area (Å²) >= 11 is 5.25. The van der Waals surface area contributed by atoms with Gasteiger partial charge in [-0.15, -0.1) is 0 Å². The predicted octanol–water partition coefficient (Wildman–Crippen LogP) is 2.59. The topological polar surface area (TPSA) is 29.4 Å². The minimum atomic E-state index is -0.929. The molecule has 0 radical (unpaired) electrons. The van der Waals surface area contributed by atoms with Crippen LogP contribution >= 0.6 is 11.6 Å². The SMILES string of the molecule is O=C=Nc1cc(F)cc(Cl)c1F. The lowest BCUT2D eigenvalue weighted by Crippen LogP contribution is -1.81. The van der Waals surface area contributed by atoms with Gasteiger partial charge in [-0.05, 0) is 6.07 Å². The Labute approximate surface area is 71.5 Å². The van der Waals surface area contributed by atoms with Crippen molar-refractivity contribution in [1.29, 1.82) is 0 Å². The largest absolute Gasteiger partial charge is 0.240 e. The van der Waals surface area contributed by atoms with Gasteiger partial charge in [0.1, 0.15) is 11.5 Å². The Balaban J connectivity index is 3.36. The summed E-state index contributed by atoms with van der Waals surface area (Å²) in [6, 6.07) is 1.55. The van der Waals surface area contributed by atoms with Crippen molar-refractivity contribution in [2.24, 2.45) is 4.99 Å². The van der Waals surface area contributed by atoms with Crippen LogP contribution in [-0.4, -0.2) is 6.08 Å². The molecule has 0 heterocycles. The van der Waals surface area contributed by atoms with Gasteiger partial charge >= 0.3 is 0 Å². The van der Waals surface area contributed by atoms with Crippen LogP contribution in [0.5, 0.6) is 0 Å². The van der Waals surface area contributed by atoms with E-state index in [1.165, 1.54) is 0 Å². The molecule has 0 aromatic heterocycles. The van der Waals surface area contributed by atoms with Gasteiger partial charge in [0, 0.05) is 6.07 Å². The van der Waals surface area contributed by atoms with Gasteiger partial charge in [0.25, 0.3) is 0 Å². The second kappa shape index (κ2) is 3.43. The number of rotatable bonds is 1. The minimum Gasteiger partial charge on any atom is -0.211 e. The number of hydrogen-bond acceptors (Lipinski definition) is 2. The van der Waals surface area contributed by atoms with Crippen molar-refractivity contribution in [3.05, 3.63) is 28.8 Å². The van der Waals surface area contributed by atoms with Gasteiger partial charge in [-0.1, -0.05) is 11.6 Å². The average molecular weight is 190 g/mol. The van der Waals surface area contributed by atoms with Crippen LogP contribution in [0, 0.1) is 11.6 Å². The number of hydrogen-bond donors (Lipinski definition) is 0. The highest BCUT2D eigenvalue weighted by Gasteiger charge is 2.08. The lowest BCUT2D eigenvalue weighted by atomic mass is 10.3. The van der Waals surface area contributed by atoms with Crippen LogP contribution in [0.4, 0.5) is 14.5 Å². The van der Waals surface area contributed by atoms with E-state index < -0.39 is 22.3 Å². The highest BCUT2D eigenvalue weighted by Crippen LogP contribution is 2.25. The van der Waals surface area contributed by atoms with E-state index in [9.17, 15) is 13.6 Å². The lowest BCUT2D eigenvalue weighted by molar-refractivity contribution is 0.564. The van der Waals surface area contributed by atoms with Gasteiger partial charge in [0.05, 0.1) is 5.02 Å². The lowest BCUT2D eigenvalue weighted by Gasteiger charge is -1.96. The summed E-state index contributed by atoms with van der Waals surface area (Å²) in [7, 11) is 0. The molecule has 0 aliphatic heterocycles. The maximum absolute atomic E-state index is 12.8. The fourth-order valence-corrected chi connectivity index (χ4v) is 0.874. The third kappa shape index (κ3) is 1.67. The number of aliphatic imine (C=N–C) groups is 1. The summed E-state index contributed by atoms with van der Waals surface area (Å²) in [5.74, 6) is -1.68. The fraction of sp³-hybridized carbons (Fsp3) is 0. The zero-order valence-electron chi connectivity index (χ0n) is 5.64. The molecule has 0 N–H and O–H groups in total. The standard InChI is InChI=1S/C7H2ClF2NO/c8-5-1-4(9)2-6(7(5)10)11-3-12/h1-2H. The molecule has 0 spiro atoms. The molecular weight excluding hydrogens is 188 g/mol. The van der Waals surface area contributed by atoms with Crippen LogP contribution < -0.4 is 0 Å². The third-order valence-electron chi connectivity index (χ3n) is 1.14.